The van der Waals surface area contributed by atoms with Gasteiger partial charge in [0.1, 0.15) is 0 Å². The molecule has 0 saturated carbocycles. The molecule has 116 valence electrons. The maximum Gasteiger partial charge on any atom is 0.328 e. The maximum atomic E-state index is 12.4. The summed E-state index contributed by atoms with van der Waals surface area (Å²) >= 11 is 0. The molecular weight excluding hydrogens is 268 g/mol. The van der Waals surface area contributed by atoms with Gasteiger partial charge in [0.2, 0.25) is 0 Å². The predicted molar refractivity (Wildman–Crippen MR) is 81.1 cm³/mol. The van der Waals surface area contributed by atoms with Gasteiger partial charge in [-0.05, 0) is 24.8 Å². The van der Waals surface area contributed by atoms with Crippen molar-refractivity contribution < 1.29 is 19.4 Å². The number of ether oxygens (including phenoxy) is 1. The van der Waals surface area contributed by atoms with Crippen molar-refractivity contribution in [3.63, 3.8) is 0 Å². The Hall–Kier alpha value is -1.84. The minimum absolute atomic E-state index is 0.121. The van der Waals surface area contributed by atoms with Crippen molar-refractivity contribution in [3.8, 4) is 0 Å². The number of rotatable bonds is 8. The SMILES string of the molecule is CCCC(C)CC(C(=O)O)(C(=O)OCC)c1ccccc1. The van der Waals surface area contributed by atoms with Crippen LogP contribution in [0.1, 0.15) is 45.6 Å². The van der Waals surface area contributed by atoms with Crippen molar-refractivity contribution in [1.82, 2.24) is 0 Å². The lowest BCUT2D eigenvalue weighted by atomic mass is 9.73. The Labute approximate surface area is 126 Å². The standard InChI is InChI=1S/C17H24O4/c1-4-9-13(3)12-17(15(18)19,16(20)21-5-2)14-10-7-6-8-11-14/h6-8,10-11,13H,4-5,9,12H2,1-3H3,(H,18,19). The van der Waals surface area contributed by atoms with Crippen LogP contribution in [-0.4, -0.2) is 23.7 Å². The van der Waals surface area contributed by atoms with Gasteiger partial charge in [-0.1, -0.05) is 57.0 Å². The summed E-state index contributed by atoms with van der Waals surface area (Å²) in [5, 5.41) is 9.79. The average molecular weight is 292 g/mol. The highest BCUT2D eigenvalue weighted by Gasteiger charge is 2.49. The second-order valence-electron chi connectivity index (χ2n) is 5.39. The Balaban J connectivity index is 3.29. The number of carboxylic acid groups (broad SMARTS) is 1. The lowest BCUT2D eigenvalue weighted by Crippen LogP contribution is -2.46. The summed E-state index contributed by atoms with van der Waals surface area (Å²) in [6.07, 6.45) is 2.08. The van der Waals surface area contributed by atoms with Crippen molar-refractivity contribution in [3.05, 3.63) is 35.9 Å². The number of aliphatic carboxylic acids is 1. The summed E-state index contributed by atoms with van der Waals surface area (Å²) in [6, 6.07) is 8.66. The number of carbonyl (C=O) groups excluding carboxylic acids is 1. The van der Waals surface area contributed by atoms with Crippen LogP contribution in [0.2, 0.25) is 0 Å². The molecular formula is C17H24O4. The third-order valence-electron chi connectivity index (χ3n) is 3.69. The third kappa shape index (κ3) is 3.84. The minimum Gasteiger partial charge on any atom is -0.480 e. The van der Waals surface area contributed by atoms with Gasteiger partial charge in [-0.15, -0.1) is 0 Å². The number of hydrogen-bond donors (Lipinski definition) is 1. The first-order valence-corrected chi connectivity index (χ1v) is 7.45. The van der Waals surface area contributed by atoms with Crippen LogP contribution >= 0.6 is 0 Å². The number of benzene rings is 1. The second-order valence-corrected chi connectivity index (χ2v) is 5.39. The van der Waals surface area contributed by atoms with E-state index in [-0.39, 0.29) is 18.9 Å². The molecule has 0 saturated heterocycles. The van der Waals surface area contributed by atoms with Crippen LogP contribution in [0.15, 0.2) is 30.3 Å². The van der Waals surface area contributed by atoms with E-state index in [1.54, 1.807) is 37.3 Å². The fraction of sp³-hybridized carbons (Fsp3) is 0.529. The molecule has 2 unspecified atom stereocenters. The number of esters is 1. The summed E-state index contributed by atoms with van der Waals surface area (Å²) in [5.74, 6) is -1.70. The molecule has 0 aliphatic rings. The molecule has 0 amide bonds. The zero-order valence-electron chi connectivity index (χ0n) is 13.0. The van der Waals surface area contributed by atoms with Crippen LogP contribution in [-0.2, 0) is 19.7 Å². The molecule has 1 rings (SSSR count). The van der Waals surface area contributed by atoms with Gasteiger partial charge in [-0.25, -0.2) is 0 Å². The monoisotopic (exact) mass is 292 g/mol. The average Bonchev–Trinajstić information content (AvgIpc) is 2.45. The van der Waals surface area contributed by atoms with Crippen molar-refractivity contribution in [2.75, 3.05) is 6.61 Å². The topological polar surface area (TPSA) is 63.6 Å². The molecule has 1 aromatic rings. The maximum absolute atomic E-state index is 12.4. The number of carboxylic acids is 1. The van der Waals surface area contributed by atoms with E-state index in [0.717, 1.165) is 12.8 Å². The van der Waals surface area contributed by atoms with Crippen LogP contribution in [0.4, 0.5) is 0 Å². The zero-order chi connectivity index (χ0) is 15.9. The van der Waals surface area contributed by atoms with Gasteiger partial charge in [-0.3, -0.25) is 9.59 Å². The molecule has 0 radical (unpaired) electrons. The molecule has 1 aromatic carbocycles. The van der Waals surface area contributed by atoms with Gasteiger partial charge < -0.3 is 9.84 Å². The van der Waals surface area contributed by atoms with Crippen LogP contribution in [0.3, 0.4) is 0 Å². The van der Waals surface area contributed by atoms with E-state index in [9.17, 15) is 14.7 Å². The van der Waals surface area contributed by atoms with Gasteiger partial charge in [-0.2, -0.15) is 0 Å². The normalized spacial score (nSPS) is 15.0. The van der Waals surface area contributed by atoms with Gasteiger partial charge in [0, 0.05) is 0 Å². The second kappa shape index (κ2) is 7.81. The van der Waals surface area contributed by atoms with E-state index in [1.165, 1.54) is 0 Å². The van der Waals surface area contributed by atoms with Crippen LogP contribution in [0.5, 0.6) is 0 Å². The van der Waals surface area contributed by atoms with Crippen molar-refractivity contribution in [2.45, 2.75) is 45.4 Å². The smallest absolute Gasteiger partial charge is 0.328 e. The first-order valence-electron chi connectivity index (χ1n) is 7.45. The molecule has 4 nitrogen and oxygen atoms in total. The Bertz CT molecular complexity index is 469. The Kier molecular flexibility index (Phi) is 6.40. The predicted octanol–water partition coefficient (Wildman–Crippen LogP) is 3.40. The fourth-order valence-electron chi connectivity index (χ4n) is 2.71. The van der Waals surface area contributed by atoms with E-state index in [1.807, 2.05) is 13.8 Å². The summed E-state index contributed by atoms with van der Waals surface area (Å²) < 4.78 is 5.08. The molecule has 2 atom stereocenters. The van der Waals surface area contributed by atoms with E-state index >= 15 is 0 Å². The highest BCUT2D eigenvalue weighted by atomic mass is 16.5. The first-order chi connectivity index (χ1) is 9.98. The van der Waals surface area contributed by atoms with Crippen LogP contribution < -0.4 is 0 Å². The largest absolute Gasteiger partial charge is 0.480 e. The van der Waals surface area contributed by atoms with Crippen molar-refractivity contribution >= 4 is 11.9 Å². The zero-order valence-corrected chi connectivity index (χ0v) is 13.0. The lowest BCUT2D eigenvalue weighted by molar-refractivity contribution is -0.162. The first kappa shape index (κ1) is 17.2. The molecule has 0 heterocycles. The Morgan fingerprint density at radius 3 is 2.33 bits per heavy atom. The fourth-order valence-corrected chi connectivity index (χ4v) is 2.71. The number of hydrogen-bond acceptors (Lipinski definition) is 3. The minimum atomic E-state index is -1.62. The quantitative estimate of drug-likeness (QED) is 0.589. The molecule has 1 N–H and O–H groups in total. The molecule has 4 heteroatoms. The molecule has 21 heavy (non-hydrogen) atoms. The van der Waals surface area contributed by atoms with Crippen LogP contribution in [0, 0.1) is 5.92 Å². The summed E-state index contributed by atoms with van der Waals surface area (Å²) in [6.45, 7) is 5.88. The molecule has 0 spiro atoms. The van der Waals surface area contributed by atoms with E-state index in [2.05, 4.69) is 0 Å². The highest BCUT2D eigenvalue weighted by molar-refractivity contribution is 6.05. The van der Waals surface area contributed by atoms with Gasteiger partial charge >= 0.3 is 11.9 Å². The van der Waals surface area contributed by atoms with E-state index < -0.39 is 17.4 Å². The van der Waals surface area contributed by atoms with Gasteiger partial charge in [0.15, 0.2) is 5.41 Å². The van der Waals surface area contributed by atoms with E-state index in [0.29, 0.717) is 5.56 Å². The van der Waals surface area contributed by atoms with Gasteiger partial charge in [0.25, 0.3) is 0 Å². The lowest BCUT2D eigenvalue weighted by Gasteiger charge is -2.30. The summed E-state index contributed by atoms with van der Waals surface area (Å²) in [7, 11) is 0. The molecule has 0 bridgehead atoms. The van der Waals surface area contributed by atoms with Crippen molar-refractivity contribution in [1.29, 1.82) is 0 Å². The summed E-state index contributed by atoms with van der Waals surface area (Å²) in [4.78, 5) is 24.4. The molecule has 0 aromatic heterocycles. The van der Waals surface area contributed by atoms with Crippen molar-refractivity contribution in [2.24, 2.45) is 5.92 Å². The third-order valence-corrected chi connectivity index (χ3v) is 3.69. The summed E-state index contributed by atoms with van der Waals surface area (Å²) in [5.41, 5.74) is -1.13. The van der Waals surface area contributed by atoms with Gasteiger partial charge in [0.05, 0.1) is 6.61 Å². The Morgan fingerprint density at radius 1 is 1.24 bits per heavy atom. The van der Waals surface area contributed by atoms with Crippen LogP contribution in [0.25, 0.3) is 0 Å². The number of carbonyl (C=O) groups is 2. The molecule has 0 aliphatic heterocycles. The Morgan fingerprint density at radius 2 is 1.86 bits per heavy atom. The van der Waals surface area contributed by atoms with E-state index in [4.69, 9.17) is 4.74 Å². The molecule has 0 fully saturated rings. The highest BCUT2D eigenvalue weighted by Crippen LogP contribution is 2.35. The molecule has 0 aliphatic carbocycles.